The van der Waals surface area contributed by atoms with E-state index in [1.807, 2.05) is 19.1 Å². The van der Waals surface area contributed by atoms with E-state index >= 15 is 0 Å². The van der Waals surface area contributed by atoms with E-state index in [9.17, 15) is 13.2 Å². The van der Waals surface area contributed by atoms with Gasteiger partial charge in [0.1, 0.15) is 16.6 Å². The molecule has 0 saturated carbocycles. The molecule has 0 unspecified atom stereocenters. The van der Waals surface area contributed by atoms with E-state index in [4.69, 9.17) is 4.52 Å². The van der Waals surface area contributed by atoms with E-state index in [0.717, 1.165) is 15.2 Å². The van der Waals surface area contributed by atoms with Gasteiger partial charge in [-0.05, 0) is 51.8 Å². The highest BCUT2D eigenvalue weighted by Crippen LogP contribution is 2.31. The van der Waals surface area contributed by atoms with Gasteiger partial charge in [0.2, 0.25) is 15.9 Å². The molecule has 10 heteroatoms. The highest BCUT2D eigenvalue weighted by Gasteiger charge is 2.41. The van der Waals surface area contributed by atoms with Crippen LogP contribution in [-0.2, 0) is 14.8 Å². The van der Waals surface area contributed by atoms with Crippen LogP contribution < -0.4 is 5.32 Å². The highest BCUT2D eigenvalue weighted by molar-refractivity contribution is 7.89. The molecule has 1 amide bonds. The molecule has 0 bridgehead atoms. The number of hydrogen-bond acceptors (Lipinski definition) is 7. The predicted molar refractivity (Wildman–Crippen MR) is 106 cm³/mol. The molecule has 28 heavy (non-hydrogen) atoms. The summed E-state index contributed by atoms with van der Waals surface area (Å²) in [7, 11) is -3.87. The molecule has 3 heterocycles. The number of sulfonamides is 1. The fraction of sp³-hybridized carbons (Fsp3) is 0.389. The van der Waals surface area contributed by atoms with Crippen LogP contribution in [-0.4, -0.2) is 41.4 Å². The zero-order chi connectivity index (χ0) is 20.1. The van der Waals surface area contributed by atoms with E-state index < -0.39 is 16.1 Å². The number of rotatable bonds is 4. The average molecular weight is 421 g/mol. The molecular weight excluding hydrogens is 400 g/mol. The third kappa shape index (κ3) is 3.21. The van der Waals surface area contributed by atoms with Crippen LogP contribution in [0.1, 0.15) is 29.3 Å². The topological polar surface area (TPSA) is 105 Å². The molecule has 1 aliphatic rings. The average Bonchev–Trinajstić information content (AvgIpc) is 3.32. The normalized spacial score (nSPS) is 18.0. The monoisotopic (exact) mass is 420 g/mol. The molecule has 1 aromatic carbocycles. The summed E-state index contributed by atoms with van der Waals surface area (Å²) in [5.41, 5.74) is 1.81. The van der Waals surface area contributed by atoms with Gasteiger partial charge in [-0.3, -0.25) is 4.79 Å². The molecule has 0 spiro atoms. The van der Waals surface area contributed by atoms with Crippen molar-refractivity contribution >= 4 is 43.2 Å². The van der Waals surface area contributed by atoms with Gasteiger partial charge in [0.25, 0.3) is 0 Å². The van der Waals surface area contributed by atoms with Crippen LogP contribution >= 0.6 is 11.3 Å². The molecular formula is C18H20N4O4S2. The van der Waals surface area contributed by atoms with Crippen molar-refractivity contribution in [1.29, 1.82) is 0 Å². The minimum absolute atomic E-state index is 0.0498. The number of anilines is 1. The Morgan fingerprint density at radius 3 is 2.82 bits per heavy atom. The number of amides is 1. The smallest absolute Gasteiger partial charge is 0.249 e. The maximum Gasteiger partial charge on any atom is 0.249 e. The lowest BCUT2D eigenvalue weighted by atomic mass is 10.2. The van der Waals surface area contributed by atoms with E-state index in [-0.39, 0.29) is 23.1 Å². The van der Waals surface area contributed by atoms with E-state index in [0.29, 0.717) is 24.2 Å². The third-order valence-corrected chi connectivity index (χ3v) is 7.89. The van der Waals surface area contributed by atoms with Crippen molar-refractivity contribution in [3.8, 4) is 0 Å². The van der Waals surface area contributed by atoms with Crippen LogP contribution in [0.4, 0.5) is 5.69 Å². The number of aryl methyl sites for hydroxylation is 3. The van der Waals surface area contributed by atoms with Gasteiger partial charge in [0.05, 0.1) is 15.2 Å². The summed E-state index contributed by atoms with van der Waals surface area (Å²) in [6.45, 7) is 5.36. The first-order valence-electron chi connectivity index (χ1n) is 8.90. The number of thiazole rings is 1. The molecule has 0 radical (unpaired) electrons. The Labute approximate surface area is 166 Å². The molecule has 2 aromatic heterocycles. The fourth-order valence-corrected chi connectivity index (χ4v) is 6.41. The summed E-state index contributed by atoms with van der Waals surface area (Å²) in [5.74, 6) is -0.108. The van der Waals surface area contributed by atoms with Gasteiger partial charge in [0, 0.05) is 12.2 Å². The first kappa shape index (κ1) is 19.0. The van der Waals surface area contributed by atoms with Crippen molar-refractivity contribution in [1.82, 2.24) is 14.4 Å². The number of aromatic nitrogens is 2. The lowest BCUT2D eigenvalue weighted by Crippen LogP contribution is -2.43. The number of fused-ring (bicyclic) bond motifs is 1. The van der Waals surface area contributed by atoms with Crippen molar-refractivity contribution < 1.29 is 17.7 Å². The van der Waals surface area contributed by atoms with Gasteiger partial charge in [-0.15, -0.1) is 11.3 Å². The summed E-state index contributed by atoms with van der Waals surface area (Å²) in [5, 5.41) is 7.54. The van der Waals surface area contributed by atoms with Crippen LogP contribution in [0, 0.1) is 20.8 Å². The molecule has 0 aliphatic carbocycles. The molecule has 4 rings (SSSR count). The lowest BCUT2D eigenvalue weighted by molar-refractivity contribution is -0.119. The van der Waals surface area contributed by atoms with Gasteiger partial charge in [-0.1, -0.05) is 5.16 Å². The second kappa shape index (κ2) is 6.94. The summed E-state index contributed by atoms with van der Waals surface area (Å²) in [6.07, 6.45) is 1.09. The van der Waals surface area contributed by atoms with E-state index in [2.05, 4.69) is 15.5 Å². The van der Waals surface area contributed by atoms with Crippen LogP contribution in [0.3, 0.4) is 0 Å². The van der Waals surface area contributed by atoms with Crippen molar-refractivity contribution in [3.05, 3.63) is 34.7 Å². The van der Waals surface area contributed by atoms with Crippen molar-refractivity contribution in [2.75, 3.05) is 11.9 Å². The summed E-state index contributed by atoms with van der Waals surface area (Å²) >= 11 is 1.55. The molecule has 3 aromatic rings. The third-order valence-electron chi connectivity index (χ3n) is 4.80. The minimum atomic E-state index is -3.87. The van der Waals surface area contributed by atoms with E-state index in [1.165, 1.54) is 4.31 Å². The molecule has 8 nitrogen and oxygen atoms in total. The molecule has 1 atom stereocenters. The molecule has 1 fully saturated rings. The Morgan fingerprint density at radius 2 is 2.11 bits per heavy atom. The van der Waals surface area contributed by atoms with Gasteiger partial charge in [-0.25, -0.2) is 13.4 Å². The van der Waals surface area contributed by atoms with Crippen molar-refractivity contribution in [2.45, 2.75) is 44.6 Å². The second-order valence-electron chi connectivity index (χ2n) is 6.83. The fourth-order valence-electron chi connectivity index (χ4n) is 3.59. The number of benzene rings is 1. The quantitative estimate of drug-likeness (QED) is 0.696. The number of carbonyl (C=O) groups excluding carboxylic acids is 1. The number of carbonyl (C=O) groups is 1. The predicted octanol–water partition coefficient (Wildman–Crippen LogP) is 3.00. The number of nitrogens with zero attached hydrogens (tertiary/aromatic N) is 3. The minimum Gasteiger partial charge on any atom is -0.360 e. The molecule has 1 aliphatic heterocycles. The molecule has 148 valence electrons. The Kier molecular flexibility index (Phi) is 4.72. The van der Waals surface area contributed by atoms with E-state index in [1.54, 1.807) is 31.3 Å². The maximum atomic E-state index is 13.1. The Bertz CT molecular complexity index is 1150. The molecule has 1 saturated heterocycles. The zero-order valence-corrected chi connectivity index (χ0v) is 17.4. The first-order chi connectivity index (χ1) is 13.3. The first-order valence-corrected chi connectivity index (χ1v) is 11.2. The maximum absolute atomic E-state index is 13.1. The Balaban J connectivity index is 1.59. The van der Waals surface area contributed by atoms with Gasteiger partial charge < -0.3 is 9.84 Å². The van der Waals surface area contributed by atoms with Crippen LogP contribution in [0.15, 0.2) is 27.6 Å². The number of hydrogen-bond donors (Lipinski definition) is 1. The Hall–Kier alpha value is -2.30. The van der Waals surface area contributed by atoms with Crippen molar-refractivity contribution in [2.24, 2.45) is 0 Å². The largest absolute Gasteiger partial charge is 0.360 e. The van der Waals surface area contributed by atoms with Gasteiger partial charge in [-0.2, -0.15) is 4.31 Å². The summed E-state index contributed by atoms with van der Waals surface area (Å²) < 4.78 is 33.5. The van der Waals surface area contributed by atoms with Crippen LogP contribution in [0.5, 0.6) is 0 Å². The second-order valence-corrected chi connectivity index (χ2v) is 9.89. The van der Waals surface area contributed by atoms with Gasteiger partial charge >= 0.3 is 0 Å². The van der Waals surface area contributed by atoms with Crippen molar-refractivity contribution in [3.63, 3.8) is 0 Å². The summed E-state index contributed by atoms with van der Waals surface area (Å²) in [6, 6.07) is 4.72. The molecule has 1 N–H and O–H groups in total. The van der Waals surface area contributed by atoms with Crippen LogP contribution in [0.25, 0.3) is 10.2 Å². The standard InChI is InChI=1S/C18H20N4O4S2/c1-10-17(11(2)26-21-10)28(24,25)22-8-4-5-15(22)18(23)20-13-6-7-14-16(9-13)27-12(3)19-14/h6-7,9,15H,4-5,8H2,1-3H3,(H,20,23)/t15-/m1/s1. The Morgan fingerprint density at radius 1 is 1.32 bits per heavy atom. The summed E-state index contributed by atoms with van der Waals surface area (Å²) in [4.78, 5) is 17.3. The van der Waals surface area contributed by atoms with Gasteiger partial charge in [0.15, 0.2) is 5.76 Å². The van der Waals surface area contributed by atoms with Crippen LogP contribution in [0.2, 0.25) is 0 Å². The number of nitrogens with one attached hydrogen (secondary N) is 1. The highest BCUT2D eigenvalue weighted by atomic mass is 32.2. The zero-order valence-electron chi connectivity index (χ0n) is 15.7. The SMILES string of the molecule is Cc1nc2ccc(NC(=O)[C@H]3CCCN3S(=O)(=O)c3c(C)noc3C)cc2s1. The lowest BCUT2D eigenvalue weighted by Gasteiger charge is -2.23.